The van der Waals surface area contributed by atoms with Crippen LogP contribution in [-0.4, -0.2) is 64.6 Å². The first kappa shape index (κ1) is 34.3. The van der Waals surface area contributed by atoms with Crippen LogP contribution in [0.25, 0.3) is 32.1 Å². The molecule has 10 nitrogen and oxygen atoms in total. The van der Waals surface area contributed by atoms with E-state index in [9.17, 15) is 18.4 Å². The maximum Gasteiger partial charge on any atom is 0.319 e. The molecule has 0 amide bonds. The van der Waals surface area contributed by atoms with Crippen LogP contribution in [0.5, 0.6) is 6.01 Å². The number of ether oxygens (including phenoxy) is 1. The number of nitrogens with zero attached hydrogens (tertiary/aromatic N) is 6. The molecule has 0 unspecified atom stereocenters. The molecule has 5 aromatic rings. The second kappa shape index (κ2) is 13.4. The fourth-order valence-corrected chi connectivity index (χ4v) is 7.80. The molecule has 3 aromatic heterocycles. The van der Waals surface area contributed by atoms with Gasteiger partial charge in [-0.2, -0.15) is 15.2 Å². The van der Waals surface area contributed by atoms with Crippen LogP contribution in [0, 0.1) is 34.3 Å². The summed E-state index contributed by atoms with van der Waals surface area (Å²) in [6.45, 7) is 4.57. The van der Waals surface area contributed by atoms with Crippen molar-refractivity contribution in [2.75, 3.05) is 50.1 Å². The first-order valence-corrected chi connectivity index (χ1v) is 16.5. The van der Waals surface area contributed by atoms with Gasteiger partial charge in [-0.15, -0.1) is 11.3 Å². The molecular weight excluding hydrogens is 682 g/mol. The highest BCUT2D eigenvalue weighted by Gasteiger charge is 2.44. The Kier molecular flexibility index (Phi) is 9.40. The lowest BCUT2D eigenvalue weighted by Crippen LogP contribution is -2.51. The standard InChI is InChI=1S/C33H32ClF4N9OS/c1-15(19-11-42-14-44-29(19)40)10-43-31-17-8-21(34)24(16-4-5-22(35)27-23(16)18(9-39)30(41)49-27)25(36)26(17)45-32(46-31)48-13-33(2)12-47(3)7-6-20(33)28(37)38/h4-5,8,11,14-15,20,28H,6-7,10,12-13,41H2,1-3H3,(H2,40,42,44)(H,43,45,46)/t15-,20-,33+/m0/s1. The zero-order valence-corrected chi connectivity index (χ0v) is 28.3. The third-order valence-corrected chi connectivity index (χ3v) is 10.4. The van der Waals surface area contributed by atoms with Gasteiger partial charge < -0.3 is 26.4 Å². The number of nitriles is 1. The molecule has 49 heavy (non-hydrogen) atoms. The summed E-state index contributed by atoms with van der Waals surface area (Å²) in [5, 5.41) is 13.4. The SMILES string of the molecule is C[C@@H](CNc1nc(OC[C@@]2(C)CN(C)CC[C@H]2C(F)F)nc2c(F)c(-c3ccc(F)c4sc(N)c(C#N)c34)c(Cl)cc12)c1cncnc1N. The zero-order valence-electron chi connectivity index (χ0n) is 26.7. The van der Waals surface area contributed by atoms with E-state index in [-0.39, 0.29) is 85.0 Å². The maximum absolute atomic E-state index is 16.9. The van der Waals surface area contributed by atoms with Gasteiger partial charge in [0.05, 0.1) is 21.9 Å². The number of anilines is 3. The maximum atomic E-state index is 16.9. The number of piperidine rings is 1. The lowest BCUT2D eigenvalue weighted by atomic mass is 9.73. The van der Waals surface area contributed by atoms with E-state index < -0.39 is 29.4 Å². The summed E-state index contributed by atoms with van der Waals surface area (Å²) in [5.74, 6) is -2.21. The number of halogens is 5. The Bertz CT molecular complexity index is 2110. The van der Waals surface area contributed by atoms with Gasteiger partial charge in [-0.25, -0.2) is 27.5 Å². The number of thiophene rings is 1. The van der Waals surface area contributed by atoms with Crippen LogP contribution >= 0.6 is 22.9 Å². The van der Waals surface area contributed by atoms with E-state index in [1.165, 1.54) is 18.5 Å². The highest BCUT2D eigenvalue weighted by atomic mass is 35.5. The number of benzene rings is 2. The van der Waals surface area contributed by atoms with Crippen LogP contribution < -0.4 is 21.5 Å². The molecule has 1 aliphatic heterocycles. The van der Waals surface area contributed by atoms with Gasteiger partial charge in [0.2, 0.25) is 6.43 Å². The lowest BCUT2D eigenvalue weighted by Gasteiger charge is -2.44. The van der Waals surface area contributed by atoms with Gasteiger partial charge in [0.25, 0.3) is 0 Å². The first-order valence-electron chi connectivity index (χ1n) is 15.3. The molecule has 6 rings (SSSR count). The fraction of sp³-hybridized carbons (Fsp3) is 0.364. The van der Waals surface area contributed by atoms with Crippen LogP contribution in [0.3, 0.4) is 0 Å². The van der Waals surface area contributed by atoms with E-state index >= 15 is 4.39 Å². The van der Waals surface area contributed by atoms with Crippen molar-refractivity contribution in [1.82, 2.24) is 24.8 Å². The predicted octanol–water partition coefficient (Wildman–Crippen LogP) is 7.09. The topological polar surface area (TPSA) is 152 Å². The van der Waals surface area contributed by atoms with Crippen molar-refractivity contribution in [3.63, 3.8) is 0 Å². The van der Waals surface area contributed by atoms with Crippen molar-refractivity contribution in [1.29, 1.82) is 5.26 Å². The lowest BCUT2D eigenvalue weighted by molar-refractivity contribution is -0.0679. The molecule has 4 heterocycles. The van der Waals surface area contributed by atoms with Crippen molar-refractivity contribution in [3.8, 4) is 23.2 Å². The molecule has 3 atom stereocenters. The normalized spacial score (nSPS) is 19.0. The van der Waals surface area contributed by atoms with Gasteiger partial charge in [-0.1, -0.05) is 31.5 Å². The van der Waals surface area contributed by atoms with Gasteiger partial charge in [0.15, 0.2) is 5.82 Å². The van der Waals surface area contributed by atoms with Gasteiger partial charge in [0, 0.05) is 58.4 Å². The molecule has 256 valence electrons. The van der Waals surface area contributed by atoms with Crippen LogP contribution in [0.2, 0.25) is 5.02 Å². The van der Waals surface area contributed by atoms with E-state index in [1.54, 1.807) is 13.1 Å². The number of nitrogens with one attached hydrogen (secondary N) is 1. The summed E-state index contributed by atoms with van der Waals surface area (Å²) in [7, 11) is 1.85. The Labute approximate surface area is 288 Å². The molecule has 1 saturated heterocycles. The summed E-state index contributed by atoms with van der Waals surface area (Å²) in [6, 6.07) is 5.68. The third kappa shape index (κ3) is 6.36. The van der Waals surface area contributed by atoms with E-state index in [1.807, 2.05) is 24.9 Å². The first-order chi connectivity index (χ1) is 23.3. The smallest absolute Gasteiger partial charge is 0.319 e. The summed E-state index contributed by atoms with van der Waals surface area (Å²) in [6.07, 6.45) is 0.656. The molecule has 16 heteroatoms. The van der Waals surface area contributed by atoms with Crippen molar-refractivity contribution < 1.29 is 22.3 Å². The van der Waals surface area contributed by atoms with Crippen LogP contribution in [-0.2, 0) is 0 Å². The van der Waals surface area contributed by atoms with Gasteiger partial charge in [0.1, 0.15) is 40.4 Å². The van der Waals surface area contributed by atoms with Crippen molar-refractivity contribution in [3.05, 3.63) is 58.5 Å². The Balaban J connectivity index is 1.47. The van der Waals surface area contributed by atoms with Crippen LogP contribution in [0.4, 0.5) is 34.2 Å². The Morgan fingerprint density at radius 3 is 2.76 bits per heavy atom. The number of hydrogen-bond acceptors (Lipinski definition) is 11. The Morgan fingerprint density at radius 2 is 2.04 bits per heavy atom. The second-order valence-corrected chi connectivity index (χ2v) is 14.1. The Hall–Kier alpha value is -4.52. The van der Waals surface area contributed by atoms with E-state index in [0.717, 1.165) is 17.4 Å². The van der Waals surface area contributed by atoms with Gasteiger partial charge in [-0.05, 0) is 37.7 Å². The van der Waals surface area contributed by atoms with E-state index in [4.69, 9.17) is 27.8 Å². The van der Waals surface area contributed by atoms with E-state index in [2.05, 4.69) is 25.3 Å². The van der Waals surface area contributed by atoms with Crippen molar-refractivity contribution >= 4 is 60.6 Å². The molecule has 2 aromatic carbocycles. The van der Waals surface area contributed by atoms with E-state index in [0.29, 0.717) is 24.5 Å². The molecular formula is C33H32ClF4N9OS. The van der Waals surface area contributed by atoms with Crippen LogP contribution in [0.1, 0.15) is 37.3 Å². The number of fused-ring (bicyclic) bond motifs is 2. The fourth-order valence-electron chi connectivity index (χ4n) is 6.55. The largest absolute Gasteiger partial charge is 0.463 e. The number of likely N-dealkylation sites (tertiary alicyclic amines) is 1. The average Bonchev–Trinajstić information content (AvgIpc) is 3.40. The average molecular weight is 714 g/mol. The molecule has 5 N–H and O–H groups in total. The minimum absolute atomic E-state index is 0.00319. The number of alkyl halides is 2. The van der Waals surface area contributed by atoms with Crippen molar-refractivity contribution in [2.24, 2.45) is 11.3 Å². The third-order valence-electron chi connectivity index (χ3n) is 9.12. The van der Waals surface area contributed by atoms with Crippen molar-refractivity contribution in [2.45, 2.75) is 32.6 Å². The highest BCUT2D eigenvalue weighted by molar-refractivity contribution is 7.23. The summed E-state index contributed by atoms with van der Waals surface area (Å²) in [4.78, 5) is 19.0. The number of hydrogen-bond donors (Lipinski definition) is 3. The zero-order chi connectivity index (χ0) is 35.2. The Morgan fingerprint density at radius 1 is 1.27 bits per heavy atom. The predicted molar refractivity (Wildman–Crippen MR) is 183 cm³/mol. The quantitative estimate of drug-likeness (QED) is 0.135. The molecule has 0 radical (unpaired) electrons. The summed E-state index contributed by atoms with van der Waals surface area (Å²) >= 11 is 7.62. The van der Waals surface area contributed by atoms with Gasteiger partial charge in [-0.3, -0.25) is 0 Å². The second-order valence-electron chi connectivity index (χ2n) is 12.6. The minimum Gasteiger partial charge on any atom is -0.463 e. The highest BCUT2D eigenvalue weighted by Crippen LogP contribution is 2.46. The number of rotatable bonds is 9. The minimum atomic E-state index is -2.56. The molecule has 0 aliphatic carbocycles. The molecule has 0 spiro atoms. The molecule has 0 saturated carbocycles. The summed E-state index contributed by atoms with van der Waals surface area (Å²) in [5.41, 5.74) is 11.6. The van der Waals surface area contributed by atoms with Gasteiger partial charge >= 0.3 is 6.01 Å². The van der Waals surface area contributed by atoms with Crippen LogP contribution in [0.15, 0.2) is 30.7 Å². The number of nitrogen functional groups attached to an aromatic ring is 2. The number of aromatic nitrogens is 4. The molecule has 0 bridgehead atoms. The number of nitrogens with two attached hydrogens (primary N) is 2. The summed E-state index contributed by atoms with van der Waals surface area (Å²) < 4.78 is 66.1. The monoisotopic (exact) mass is 713 g/mol. The molecule has 1 aliphatic rings. The molecule has 1 fully saturated rings.